The molecule has 1 aromatic carbocycles. The van der Waals surface area contributed by atoms with Crippen LogP contribution in [0.3, 0.4) is 0 Å². The third kappa shape index (κ3) is 2.93. The highest BCUT2D eigenvalue weighted by molar-refractivity contribution is 8.00. The van der Waals surface area contributed by atoms with Crippen LogP contribution in [0.2, 0.25) is 0 Å². The number of hydrogen-bond donors (Lipinski definition) is 1. The van der Waals surface area contributed by atoms with E-state index in [0.29, 0.717) is 17.4 Å². The topological polar surface area (TPSA) is 49.4 Å². The Labute approximate surface area is 129 Å². The van der Waals surface area contributed by atoms with Crippen molar-refractivity contribution in [2.75, 3.05) is 17.6 Å². The summed E-state index contributed by atoms with van der Waals surface area (Å²) in [7, 11) is 0. The highest BCUT2D eigenvalue weighted by Gasteiger charge is 2.27. The highest BCUT2D eigenvalue weighted by atomic mass is 32.2. The third-order valence-corrected chi connectivity index (χ3v) is 5.30. The van der Waals surface area contributed by atoms with Gasteiger partial charge in [-0.1, -0.05) is 12.8 Å². The number of amides is 2. The van der Waals surface area contributed by atoms with E-state index < -0.39 is 0 Å². The molecular weight excluding hydrogens is 284 g/mol. The van der Waals surface area contributed by atoms with Gasteiger partial charge in [-0.3, -0.25) is 9.59 Å². The predicted molar refractivity (Wildman–Crippen MR) is 84.8 cm³/mol. The molecule has 0 radical (unpaired) electrons. The molecule has 4 nitrogen and oxygen atoms in total. The maximum atomic E-state index is 12.7. The first-order valence-electron chi connectivity index (χ1n) is 7.56. The third-order valence-electron chi connectivity index (χ3n) is 4.23. The van der Waals surface area contributed by atoms with Crippen LogP contribution in [0, 0.1) is 0 Å². The number of benzene rings is 1. The molecule has 1 aromatic rings. The van der Waals surface area contributed by atoms with Crippen molar-refractivity contribution < 1.29 is 9.59 Å². The molecule has 0 atom stereocenters. The molecule has 5 heteroatoms. The number of thioether (sulfide) groups is 1. The number of carbonyl (C=O) groups excluding carboxylic acids is 2. The largest absolute Gasteiger partial charge is 0.336 e. The molecule has 1 saturated carbocycles. The first-order valence-corrected chi connectivity index (χ1v) is 8.55. The number of anilines is 1. The molecule has 1 aliphatic carbocycles. The van der Waals surface area contributed by atoms with E-state index in [9.17, 15) is 9.59 Å². The average Bonchev–Trinajstić information content (AvgIpc) is 3.01. The lowest BCUT2D eigenvalue weighted by Crippen LogP contribution is -2.38. The minimum absolute atomic E-state index is 0.000222. The van der Waals surface area contributed by atoms with Crippen LogP contribution in [0.25, 0.3) is 0 Å². The average molecular weight is 304 g/mol. The Balaban J connectivity index is 1.83. The minimum Gasteiger partial charge on any atom is -0.336 e. The Morgan fingerprint density at radius 1 is 1.38 bits per heavy atom. The van der Waals surface area contributed by atoms with Gasteiger partial charge in [0.25, 0.3) is 5.91 Å². The Bertz CT molecular complexity index is 567. The zero-order valence-corrected chi connectivity index (χ0v) is 13.0. The van der Waals surface area contributed by atoms with Gasteiger partial charge in [-0.2, -0.15) is 0 Å². The van der Waals surface area contributed by atoms with Crippen LogP contribution in [-0.2, 0) is 4.79 Å². The number of nitrogens with one attached hydrogen (secondary N) is 1. The number of hydrogen-bond acceptors (Lipinski definition) is 3. The van der Waals surface area contributed by atoms with E-state index in [4.69, 9.17) is 0 Å². The SMILES string of the molecule is CCN(C(=O)c1ccc2c(c1)NC(=O)CS2)C1CCCC1. The second kappa shape index (κ2) is 6.10. The van der Waals surface area contributed by atoms with Gasteiger partial charge in [-0.05, 0) is 38.0 Å². The zero-order valence-electron chi connectivity index (χ0n) is 12.2. The summed E-state index contributed by atoms with van der Waals surface area (Å²) in [5.41, 5.74) is 1.44. The summed E-state index contributed by atoms with van der Waals surface area (Å²) < 4.78 is 0. The van der Waals surface area contributed by atoms with Gasteiger partial charge in [0.2, 0.25) is 5.91 Å². The fourth-order valence-electron chi connectivity index (χ4n) is 3.17. The van der Waals surface area contributed by atoms with Crippen molar-refractivity contribution in [3.8, 4) is 0 Å². The number of rotatable bonds is 3. The lowest BCUT2D eigenvalue weighted by Gasteiger charge is -2.28. The minimum atomic E-state index is 0.000222. The second-order valence-electron chi connectivity index (χ2n) is 5.58. The van der Waals surface area contributed by atoms with E-state index >= 15 is 0 Å². The van der Waals surface area contributed by atoms with Gasteiger partial charge < -0.3 is 10.2 Å². The summed E-state index contributed by atoms with van der Waals surface area (Å²) in [5.74, 6) is 0.529. The quantitative estimate of drug-likeness (QED) is 0.933. The van der Waals surface area contributed by atoms with Gasteiger partial charge in [0.05, 0.1) is 11.4 Å². The van der Waals surface area contributed by atoms with Crippen LogP contribution in [0.15, 0.2) is 23.1 Å². The number of nitrogens with zero attached hydrogens (tertiary/aromatic N) is 1. The molecule has 112 valence electrons. The first-order chi connectivity index (χ1) is 10.2. The summed E-state index contributed by atoms with van der Waals surface area (Å²) in [6.45, 7) is 2.77. The maximum Gasteiger partial charge on any atom is 0.254 e. The first kappa shape index (κ1) is 14.4. The fourth-order valence-corrected chi connectivity index (χ4v) is 3.95. The molecule has 3 rings (SSSR count). The van der Waals surface area contributed by atoms with E-state index in [0.717, 1.165) is 30.0 Å². The van der Waals surface area contributed by atoms with Gasteiger partial charge in [0, 0.05) is 23.0 Å². The monoisotopic (exact) mass is 304 g/mol. The molecule has 0 saturated heterocycles. The molecule has 1 aliphatic heterocycles. The molecule has 2 amide bonds. The summed E-state index contributed by atoms with van der Waals surface area (Å²) in [5, 5.41) is 2.85. The Kier molecular flexibility index (Phi) is 4.19. The molecule has 1 N–H and O–H groups in total. The lowest BCUT2D eigenvalue weighted by molar-refractivity contribution is -0.113. The zero-order chi connectivity index (χ0) is 14.8. The van der Waals surface area contributed by atoms with E-state index in [2.05, 4.69) is 5.32 Å². The van der Waals surface area contributed by atoms with E-state index in [1.54, 1.807) is 0 Å². The van der Waals surface area contributed by atoms with Gasteiger partial charge in [-0.25, -0.2) is 0 Å². The van der Waals surface area contributed by atoms with Crippen LogP contribution in [0.5, 0.6) is 0 Å². The van der Waals surface area contributed by atoms with E-state index in [1.807, 2.05) is 30.0 Å². The van der Waals surface area contributed by atoms with E-state index in [-0.39, 0.29) is 11.8 Å². The van der Waals surface area contributed by atoms with Crippen LogP contribution in [0.4, 0.5) is 5.69 Å². The Morgan fingerprint density at radius 3 is 2.86 bits per heavy atom. The van der Waals surface area contributed by atoms with Crippen LogP contribution >= 0.6 is 11.8 Å². The van der Waals surface area contributed by atoms with E-state index in [1.165, 1.54) is 24.6 Å². The van der Waals surface area contributed by atoms with Crippen molar-refractivity contribution in [2.45, 2.75) is 43.5 Å². The van der Waals surface area contributed by atoms with Gasteiger partial charge in [0.15, 0.2) is 0 Å². The van der Waals surface area contributed by atoms with Gasteiger partial charge >= 0.3 is 0 Å². The fraction of sp³-hybridized carbons (Fsp3) is 0.500. The molecule has 0 unspecified atom stereocenters. The van der Waals surface area contributed by atoms with Gasteiger partial charge in [-0.15, -0.1) is 11.8 Å². The molecule has 1 fully saturated rings. The summed E-state index contributed by atoms with van der Waals surface area (Å²) in [6.07, 6.45) is 4.64. The number of fused-ring (bicyclic) bond motifs is 1. The molecule has 0 aromatic heterocycles. The second-order valence-corrected chi connectivity index (χ2v) is 6.59. The van der Waals surface area contributed by atoms with Crippen molar-refractivity contribution in [1.82, 2.24) is 4.90 Å². The van der Waals surface area contributed by atoms with Crippen molar-refractivity contribution in [3.63, 3.8) is 0 Å². The van der Waals surface area contributed by atoms with Crippen LogP contribution in [-0.4, -0.2) is 35.1 Å². The highest BCUT2D eigenvalue weighted by Crippen LogP contribution is 2.33. The maximum absolute atomic E-state index is 12.7. The molecule has 2 aliphatic rings. The van der Waals surface area contributed by atoms with Crippen molar-refractivity contribution in [2.24, 2.45) is 0 Å². The molecule has 0 spiro atoms. The van der Waals surface area contributed by atoms with Crippen molar-refractivity contribution in [1.29, 1.82) is 0 Å². The van der Waals surface area contributed by atoms with Crippen molar-refractivity contribution in [3.05, 3.63) is 23.8 Å². The van der Waals surface area contributed by atoms with Gasteiger partial charge in [0.1, 0.15) is 0 Å². The van der Waals surface area contributed by atoms with Crippen molar-refractivity contribution >= 4 is 29.3 Å². The summed E-state index contributed by atoms with van der Waals surface area (Å²) >= 11 is 1.52. The molecular formula is C16H20N2O2S. The van der Waals surface area contributed by atoms with Crippen LogP contribution in [0.1, 0.15) is 43.0 Å². The standard InChI is InChI=1S/C16H20N2O2S/c1-2-18(12-5-3-4-6-12)16(20)11-7-8-14-13(9-11)17-15(19)10-21-14/h7-9,12H,2-6,10H2,1H3,(H,17,19). The Hall–Kier alpha value is -1.49. The van der Waals surface area contributed by atoms with Crippen LogP contribution < -0.4 is 5.32 Å². The Morgan fingerprint density at radius 2 is 2.14 bits per heavy atom. The smallest absolute Gasteiger partial charge is 0.254 e. The predicted octanol–water partition coefficient (Wildman–Crippen LogP) is 3.14. The normalized spacial score (nSPS) is 18.2. The molecule has 0 bridgehead atoms. The summed E-state index contributed by atoms with van der Waals surface area (Å²) in [6, 6.07) is 6.01. The summed E-state index contributed by atoms with van der Waals surface area (Å²) in [4.78, 5) is 27.2. The molecule has 21 heavy (non-hydrogen) atoms. The number of carbonyl (C=O) groups is 2. The molecule has 1 heterocycles. The lowest BCUT2D eigenvalue weighted by atomic mass is 10.1.